The van der Waals surface area contributed by atoms with Gasteiger partial charge in [-0.15, -0.1) is 5.10 Å². The number of nitro groups is 1. The molecule has 0 aliphatic carbocycles. The topological polar surface area (TPSA) is 93.2 Å². The van der Waals surface area contributed by atoms with Gasteiger partial charge in [-0.3, -0.25) is 15.0 Å². The van der Waals surface area contributed by atoms with E-state index in [-0.39, 0.29) is 17.0 Å². The molecular formula is C22H26FN7O2. The zero-order chi connectivity index (χ0) is 22.9. The Labute approximate surface area is 185 Å². The number of non-ortho nitro benzene ring substituents is 1. The molecule has 32 heavy (non-hydrogen) atoms. The molecule has 3 aromatic rings. The van der Waals surface area contributed by atoms with E-state index < -0.39 is 11.0 Å². The minimum atomic E-state index is -0.426. The van der Waals surface area contributed by atoms with Crippen LogP contribution in [0.1, 0.15) is 38.2 Å². The van der Waals surface area contributed by atoms with Gasteiger partial charge in [0, 0.05) is 49.6 Å². The monoisotopic (exact) mass is 439 g/mol. The second-order valence-corrected chi connectivity index (χ2v) is 8.84. The fourth-order valence-electron chi connectivity index (χ4n) is 4.06. The number of rotatable bonds is 5. The fourth-order valence-corrected chi connectivity index (χ4v) is 4.06. The molecule has 1 aliphatic heterocycles. The summed E-state index contributed by atoms with van der Waals surface area (Å²) in [6, 6.07) is 12.9. The Morgan fingerprint density at radius 2 is 1.69 bits per heavy atom. The van der Waals surface area contributed by atoms with Gasteiger partial charge in [0.1, 0.15) is 11.9 Å². The Hall–Kier alpha value is -3.40. The third kappa shape index (κ3) is 4.31. The summed E-state index contributed by atoms with van der Waals surface area (Å²) in [6.45, 7) is 8.74. The molecule has 1 aromatic heterocycles. The molecule has 10 heteroatoms. The fraction of sp³-hybridized carbons (Fsp3) is 0.409. The summed E-state index contributed by atoms with van der Waals surface area (Å²) in [5, 5.41) is 23.3. The number of nitro benzene ring substituents is 1. The molecule has 168 valence electrons. The zero-order valence-electron chi connectivity index (χ0n) is 18.3. The van der Waals surface area contributed by atoms with Crippen LogP contribution in [0.3, 0.4) is 0 Å². The van der Waals surface area contributed by atoms with Gasteiger partial charge in [-0.05, 0) is 49.4 Å². The number of benzene rings is 2. The van der Waals surface area contributed by atoms with Crippen molar-refractivity contribution in [1.82, 2.24) is 25.1 Å². The van der Waals surface area contributed by atoms with Crippen molar-refractivity contribution in [2.24, 2.45) is 0 Å². The van der Waals surface area contributed by atoms with Gasteiger partial charge >= 0.3 is 0 Å². The number of halogens is 1. The van der Waals surface area contributed by atoms with Gasteiger partial charge in [-0.2, -0.15) is 0 Å². The van der Waals surface area contributed by atoms with Crippen LogP contribution in [0.4, 0.5) is 15.8 Å². The van der Waals surface area contributed by atoms with Crippen molar-refractivity contribution in [3.8, 4) is 0 Å². The predicted molar refractivity (Wildman–Crippen MR) is 118 cm³/mol. The highest BCUT2D eigenvalue weighted by Crippen LogP contribution is 2.32. The summed E-state index contributed by atoms with van der Waals surface area (Å²) in [4.78, 5) is 14.9. The van der Waals surface area contributed by atoms with Crippen LogP contribution in [-0.2, 0) is 5.54 Å². The lowest BCUT2D eigenvalue weighted by Crippen LogP contribution is -2.49. The van der Waals surface area contributed by atoms with Gasteiger partial charge in [0.25, 0.3) is 5.69 Å². The van der Waals surface area contributed by atoms with E-state index in [1.807, 2.05) is 26.8 Å². The van der Waals surface area contributed by atoms with Crippen LogP contribution in [0.5, 0.6) is 0 Å². The first-order valence-electron chi connectivity index (χ1n) is 10.5. The second kappa shape index (κ2) is 8.62. The molecule has 1 fully saturated rings. The van der Waals surface area contributed by atoms with Crippen LogP contribution in [0.25, 0.3) is 0 Å². The molecule has 4 rings (SSSR count). The SMILES string of the molecule is CC(C)(C)n1nnnc1[C@H](c1ccccc1F)N1CCN(c2ccc([N+](=O)[O-])cc2)CC1. The Morgan fingerprint density at radius 3 is 2.28 bits per heavy atom. The number of hydrogen-bond donors (Lipinski definition) is 0. The Balaban J connectivity index is 1.61. The minimum absolute atomic E-state index is 0.0704. The average Bonchev–Trinajstić information content (AvgIpc) is 3.26. The number of hydrogen-bond acceptors (Lipinski definition) is 7. The molecule has 2 heterocycles. The van der Waals surface area contributed by atoms with E-state index in [4.69, 9.17) is 0 Å². The third-order valence-corrected chi connectivity index (χ3v) is 5.68. The number of nitrogens with zero attached hydrogens (tertiary/aromatic N) is 7. The maximum absolute atomic E-state index is 14.9. The Bertz CT molecular complexity index is 1090. The Morgan fingerprint density at radius 1 is 1.03 bits per heavy atom. The van der Waals surface area contributed by atoms with Crippen molar-refractivity contribution in [2.75, 3.05) is 31.1 Å². The number of aromatic nitrogens is 4. The molecule has 1 saturated heterocycles. The van der Waals surface area contributed by atoms with Crippen molar-refractivity contribution in [3.63, 3.8) is 0 Å². The molecule has 0 bridgehead atoms. The highest BCUT2D eigenvalue weighted by atomic mass is 19.1. The summed E-state index contributed by atoms with van der Waals surface area (Å²) in [7, 11) is 0. The van der Waals surface area contributed by atoms with Gasteiger partial charge in [0.05, 0.1) is 10.5 Å². The van der Waals surface area contributed by atoms with Crippen LogP contribution in [-0.4, -0.2) is 56.2 Å². The van der Waals surface area contributed by atoms with Crippen LogP contribution in [0.15, 0.2) is 48.5 Å². The summed E-state index contributed by atoms with van der Waals surface area (Å²) >= 11 is 0. The molecular weight excluding hydrogens is 413 g/mol. The van der Waals surface area contributed by atoms with E-state index in [2.05, 4.69) is 25.3 Å². The molecule has 0 unspecified atom stereocenters. The van der Waals surface area contributed by atoms with Gasteiger partial charge in [-0.1, -0.05) is 18.2 Å². The predicted octanol–water partition coefficient (Wildman–Crippen LogP) is 3.39. The van der Waals surface area contributed by atoms with E-state index in [9.17, 15) is 14.5 Å². The van der Waals surface area contributed by atoms with Crippen molar-refractivity contribution < 1.29 is 9.31 Å². The van der Waals surface area contributed by atoms with Gasteiger partial charge < -0.3 is 4.90 Å². The average molecular weight is 439 g/mol. The summed E-state index contributed by atoms with van der Waals surface area (Å²) in [6.07, 6.45) is 0. The van der Waals surface area contributed by atoms with E-state index >= 15 is 0 Å². The number of piperazine rings is 1. The lowest BCUT2D eigenvalue weighted by atomic mass is 10.0. The summed E-state index contributed by atoms with van der Waals surface area (Å²) in [5.74, 6) is 0.310. The van der Waals surface area contributed by atoms with E-state index in [1.54, 1.807) is 28.9 Å². The molecule has 0 N–H and O–H groups in total. The lowest BCUT2D eigenvalue weighted by Gasteiger charge is -2.40. The van der Waals surface area contributed by atoms with Crippen molar-refractivity contribution in [3.05, 3.63) is 75.9 Å². The molecule has 0 spiro atoms. The van der Waals surface area contributed by atoms with Crippen LogP contribution < -0.4 is 4.90 Å². The standard InChI is InChI=1S/C22H26FN7O2/c1-22(2,3)29-21(24-25-26-29)20(18-6-4-5-7-19(18)23)28-14-12-27(13-15-28)16-8-10-17(11-9-16)30(31)32/h4-11,20H,12-15H2,1-3H3/t20-/m0/s1. The number of tetrazole rings is 1. The summed E-state index contributed by atoms with van der Waals surface area (Å²) < 4.78 is 16.6. The van der Waals surface area contributed by atoms with E-state index in [0.29, 0.717) is 37.6 Å². The molecule has 0 saturated carbocycles. The zero-order valence-corrected chi connectivity index (χ0v) is 18.3. The lowest BCUT2D eigenvalue weighted by molar-refractivity contribution is -0.384. The van der Waals surface area contributed by atoms with Gasteiger partial charge in [-0.25, -0.2) is 9.07 Å². The first kappa shape index (κ1) is 21.8. The van der Waals surface area contributed by atoms with Crippen LogP contribution in [0.2, 0.25) is 0 Å². The molecule has 2 aromatic carbocycles. The first-order chi connectivity index (χ1) is 15.3. The maximum atomic E-state index is 14.9. The smallest absolute Gasteiger partial charge is 0.269 e. The van der Waals surface area contributed by atoms with Crippen LogP contribution in [0, 0.1) is 15.9 Å². The minimum Gasteiger partial charge on any atom is -0.369 e. The molecule has 0 amide bonds. The maximum Gasteiger partial charge on any atom is 0.269 e. The van der Waals surface area contributed by atoms with E-state index in [0.717, 1.165) is 5.69 Å². The van der Waals surface area contributed by atoms with Gasteiger partial charge in [0.2, 0.25) is 0 Å². The molecule has 9 nitrogen and oxygen atoms in total. The third-order valence-electron chi connectivity index (χ3n) is 5.68. The van der Waals surface area contributed by atoms with E-state index in [1.165, 1.54) is 18.2 Å². The normalized spacial score (nSPS) is 16.2. The van der Waals surface area contributed by atoms with Crippen LogP contribution >= 0.6 is 0 Å². The largest absolute Gasteiger partial charge is 0.369 e. The quantitative estimate of drug-likeness (QED) is 0.444. The molecule has 1 atom stereocenters. The summed E-state index contributed by atoms with van der Waals surface area (Å²) in [5.41, 5.74) is 1.18. The molecule has 1 aliphatic rings. The van der Waals surface area contributed by atoms with Crippen molar-refractivity contribution in [2.45, 2.75) is 32.4 Å². The highest BCUT2D eigenvalue weighted by molar-refractivity contribution is 5.51. The highest BCUT2D eigenvalue weighted by Gasteiger charge is 2.34. The Kier molecular flexibility index (Phi) is 5.88. The second-order valence-electron chi connectivity index (χ2n) is 8.84. The van der Waals surface area contributed by atoms with Crippen molar-refractivity contribution in [1.29, 1.82) is 0 Å². The number of anilines is 1. The van der Waals surface area contributed by atoms with Crippen molar-refractivity contribution >= 4 is 11.4 Å². The first-order valence-corrected chi connectivity index (χ1v) is 10.5. The van der Waals surface area contributed by atoms with Gasteiger partial charge in [0.15, 0.2) is 5.82 Å². The molecule has 0 radical (unpaired) electrons.